The predicted octanol–water partition coefficient (Wildman–Crippen LogP) is 4.04. The molecule has 5 aromatic rings. The van der Waals surface area contributed by atoms with Crippen molar-refractivity contribution in [3.05, 3.63) is 124 Å². The van der Waals surface area contributed by atoms with Gasteiger partial charge in [-0.15, -0.1) is 11.3 Å². The van der Waals surface area contributed by atoms with E-state index in [0.717, 1.165) is 15.2 Å². The summed E-state index contributed by atoms with van der Waals surface area (Å²) in [5.74, 6) is -0.233. The molecule has 0 fully saturated rings. The fourth-order valence-corrected chi connectivity index (χ4v) is 5.85. The van der Waals surface area contributed by atoms with E-state index in [4.69, 9.17) is 11.6 Å². The predicted molar refractivity (Wildman–Crippen MR) is 142 cm³/mol. The van der Waals surface area contributed by atoms with Crippen LogP contribution >= 0.6 is 34.3 Å². The number of fused-ring (bicyclic) bond motifs is 1. The molecular formula is C26H17ClN3O4S2+. The van der Waals surface area contributed by atoms with Crippen LogP contribution in [0.4, 0.5) is 5.69 Å². The van der Waals surface area contributed by atoms with Gasteiger partial charge in [0.2, 0.25) is 5.52 Å². The summed E-state index contributed by atoms with van der Waals surface area (Å²) in [5, 5.41) is 12.5. The number of ketones is 1. The van der Waals surface area contributed by atoms with Crippen molar-refractivity contribution in [1.29, 1.82) is 0 Å². The smallest absolute Gasteiger partial charge is 0.270 e. The van der Waals surface area contributed by atoms with Crippen LogP contribution in [-0.2, 0) is 6.54 Å². The monoisotopic (exact) mass is 534 g/mol. The Kier molecular flexibility index (Phi) is 6.60. The SMILES string of the molecule is O=C(Cn1c(=O)/c(=C/c2cccc([N+](=O)[O-])c2)s/c1=C/c1[nH+]c2ccccc2s1)c1ccc(Cl)cc1. The normalized spacial score (nSPS) is 12.4. The number of nitro groups is 1. The number of nitro benzene ring substituents is 1. The van der Waals surface area contributed by atoms with E-state index in [1.807, 2.05) is 30.3 Å². The molecule has 5 rings (SSSR count). The fraction of sp³-hybridized carbons (Fsp3) is 0.0385. The van der Waals surface area contributed by atoms with Crippen LogP contribution in [0.25, 0.3) is 22.4 Å². The van der Waals surface area contributed by atoms with Gasteiger partial charge in [0.05, 0.1) is 22.1 Å². The Morgan fingerprint density at radius 2 is 1.81 bits per heavy atom. The van der Waals surface area contributed by atoms with Gasteiger partial charge in [0.1, 0.15) is 9.36 Å². The van der Waals surface area contributed by atoms with E-state index in [2.05, 4.69) is 4.98 Å². The number of aromatic amines is 1. The first-order chi connectivity index (χ1) is 17.4. The molecule has 2 aromatic heterocycles. The van der Waals surface area contributed by atoms with Crippen molar-refractivity contribution in [3.63, 3.8) is 0 Å². The summed E-state index contributed by atoms with van der Waals surface area (Å²) in [6.45, 7) is -0.156. The number of Topliss-reactive ketones (excluding diaryl/α,β-unsaturated/α-hetero) is 1. The molecule has 0 amide bonds. The van der Waals surface area contributed by atoms with Crippen LogP contribution in [0.2, 0.25) is 5.02 Å². The lowest BCUT2D eigenvalue weighted by Crippen LogP contribution is -2.34. The lowest BCUT2D eigenvalue weighted by Gasteiger charge is -2.02. The number of aromatic nitrogens is 2. The van der Waals surface area contributed by atoms with Crippen LogP contribution in [0.3, 0.4) is 0 Å². The number of rotatable bonds is 6. The highest BCUT2D eigenvalue weighted by atomic mass is 35.5. The molecule has 0 saturated heterocycles. The van der Waals surface area contributed by atoms with Crippen LogP contribution in [0, 0.1) is 10.1 Å². The molecule has 1 N–H and O–H groups in total. The Balaban J connectivity index is 1.64. The van der Waals surface area contributed by atoms with Crippen molar-refractivity contribution in [2.45, 2.75) is 6.54 Å². The van der Waals surface area contributed by atoms with Crippen molar-refractivity contribution < 1.29 is 14.7 Å². The van der Waals surface area contributed by atoms with E-state index in [-0.39, 0.29) is 23.6 Å². The first kappa shape index (κ1) is 23.8. The first-order valence-electron chi connectivity index (χ1n) is 10.7. The van der Waals surface area contributed by atoms with Gasteiger partial charge in [-0.3, -0.25) is 24.3 Å². The molecule has 2 heterocycles. The second kappa shape index (κ2) is 9.98. The number of benzene rings is 3. The fourth-order valence-electron chi connectivity index (χ4n) is 3.66. The highest BCUT2D eigenvalue weighted by Crippen LogP contribution is 2.18. The van der Waals surface area contributed by atoms with Crippen molar-refractivity contribution in [1.82, 2.24) is 4.57 Å². The minimum Gasteiger partial charge on any atom is -0.292 e. The third-order valence-corrected chi connectivity index (χ3v) is 7.73. The summed E-state index contributed by atoms with van der Waals surface area (Å²) in [5.41, 5.74) is 1.53. The van der Waals surface area contributed by atoms with Gasteiger partial charge in [-0.2, -0.15) is 4.98 Å². The standard InChI is InChI=1S/C26H16ClN3O4S2/c27-18-10-8-17(9-11-18)21(31)15-29-25(14-24-28-20-6-1-2-7-22(20)35-24)36-23(26(29)32)13-16-4-3-5-19(12-16)30(33)34/h1-14H,15H2/p+1/b23-13-,25-14+. The van der Waals surface area contributed by atoms with Crippen molar-refractivity contribution in [2.75, 3.05) is 0 Å². The quantitative estimate of drug-likeness (QED) is 0.186. The van der Waals surface area contributed by atoms with Gasteiger partial charge in [-0.25, -0.2) is 0 Å². The van der Waals surface area contributed by atoms with E-state index in [0.29, 0.717) is 25.3 Å². The van der Waals surface area contributed by atoms with Crippen molar-refractivity contribution in [3.8, 4) is 0 Å². The molecule has 0 atom stereocenters. The van der Waals surface area contributed by atoms with Gasteiger partial charge in [-0.05, 0) is 42.0 Å². The second-order valence-electron chi connectivity index (χ2n) is 7.85. The average Bonchev–Trinajstić information content (AvgIpc) is 3.40. The Morgan fingerprint density at radius 3 is 2.56 bits per heavy atom. The van der Waals surface area contributed by atoms with E-state index in [9.17, 15) is 19.7 Å². The summed E-state index contributed by atoms with van der Waals surface area (Å²) >= 11 is 8.70. The number of halogens is 1. The maximum atomic E-state index is 13.4. The van der Waals surface area contributed by atoms with Crippen LogP contribution in [-0.4, -0.2) is 15.3 Å². The largest absolute Gasteiger partial charge is 0.292 e. The highest BCUT2D eigenvalue weighted by molar-refractivity contribution is 7.19. The van der Waals surface area contributed by atoms with Gasteiger partial charge >= 0.3 is 0 Å². The number of nitrogens with zero attached hydrogens (tertiary/aromatic N) is 2. The number of nitrogens with one attached hydrogen (secondary N) is 1. The number of para-hydroxylation sites is 1. The van der Waals surface area contributed by atoms with E-state index in [1.54, 1.807) is 42.5 Å². The summed E-state index contributed by atoms with van der Waals surface area (Å²) in [7, 11) is 0. The van der Waals surface area contributed by atoms with Gasteiger partial charge < -0.3 is 0 Å². The molecule has 178 valence electrons. The highest BCUT2D eigenvalue weighted by Gasteiger charge is 2.15. The third-order valence-electron chi connectivity index (χ3n) is 5.40. The Bertz CT molecular complexity index is 1770. The van der Waals surface area contributed by atoms with Crippen LogP contribution in [0.15, 0.2) is 77.6 Å². The molecule has 0 aliphatic carbocycles. The minimum absolute atomic E-state index is 0.0646. The van der Waals surface area contributed by atoms with Gasteiger partial charge in [0.25, 0.3) is 16.3 Å². The number of hydrogen-bond acceptors (Lipinski definition) is 6. The van der Waals surface area contributed by atoms with Crippen LogP contribution < -0.4 is 19.7 Å². The topological polar surface area (TPSA) is 96.3 Å². The van der Waals surface area contributed by atoms with Gasteiger partial charge in [0, 0.05) is 28.8 Å². The molecule has 0 saturated carbocycles. The number of H-pyrrole nitrogens is 1. The molecule has 0 aliphatic heterocycles. The van der Waals surface area contributed by atoms with Gasteiger partial charge in [-0.1, -0.05) is 47.2 Å². The lowest BCUT2D eigenvalue weighted by molar-refractivity contribution is -0.384. The molecule has 0 bridgehead atoms. The average molecular weight is 535 g/mol. The first-order valence-corrected chi connectivity index (χ1v) is 12.8. The molecule has 0 unspecified atom stereocenters. The van der Waals surface area contributed by atoms with E-state index in [1.165, 1.54) is 39.4 Å². The summed E-state index contributed by atoms with van der Waals surface area (Å²) < 4.78 is 3.45. The number of carbonyl (C=O) groups is 1. The van der Waals surface area contributed by atoms with Gasteiger partial charge in [0.15, 0.2) is 5.78 Å². The van der Waals surface area contributed by atoms with Crippen molar-refractivity contribution >= 4 is 68.1 Å². The molecule has 36 heavy (non-hydrogen) atoms. The summed E-state index contributed by atoms with van der Waals surface area (Å²) in [6.07, 6.45) is 3.45. The lowest BCUT2D eigenvalue weighted by atomic mass is 10.1. The third kappa shape index (κ3) is 5.03. The summed E-state index contributed by atoms with van der Waals surface area (Å²) in [6, 6.07) is 20.4. The van der Waals surface area contributed by atoms with Crippen LogP contribution in [0.1, 0.15) is 20.9 Å². The Hall–Kier alpha value is -3.92. The molecule has 0 radical (unpaired) electrons. The molecule has 10 heteroatoms. The van der Waals surface area contributed by atoms with Crippen LogP contribution in [0.5, 0.6) is 0 Å². The maximum absolute atomic E-state index is 13.4. The van der Waals surface area contributed by atoms with Crippen molar-refractivity contribution in [2.24, 2.45) is 0 Å². The van der Waals surface area contributed by atoms with E-state index >= 15 is 0 Å². The molecule has 0 aliphatic rings. The Labute approximate surface area is 217 Å². The second-order valence-corrected chi connectivity index (χ2v) is 10.4. The molecule has 0 spiro atoms. The minimum atomic E-state index is -0.481. The number of non-ortho nitro benzene ring substituents is 1. The zero-order valence-electron chi connectivity index (χ0n) is 18.5. The number of carbonyl (C=O) groups excluding carboxylic acids is 1. The molecule has 3 aromatic carbocycles. The zero-order valence-corrected chi connectivity index (χ0v) is 20.9. The number of thiazole rings is 2. The van der Waals surface area contributed by atoms with E-state index < -0.39 is 4.92 Å². The maximum Gasteiger partial charge on any atom is 0.270 e. The molecule has 7 nitrogen and oxygen atoms in total. The zero-order chi connectivity index (χ0) is 25.2. The Morgan fingerprint density at radius 1 is 1.03 bits per heavy atom. The number of hydrogen-bond donors (Lipinski definition) is 0. The summed E-state index contributed by atoms with van der Waals surface area (Å²) in [4.78, 5) is 40.4. The molecular weight excluding hydrogens is 518 g/mol.